The molecule has 1 fully saturated rings. The number of nitrogens with zero attached hydrogens (tertiary/aromatic N) is 2. The SMILES string of the molecule is CNc1nc(C2(OC)CCCCC2)nc2c1CCC2. The Balaban J connectivity index is 2.04. The van der Waals surface area contributed by atoms with Gasteiger partial charge in [0.25, 0.3) is 0 Å². The topological polar surface area (TPSA) is 47.0 Å². The largest absolute Gasteiger partial charge is 0.373 e. The Morgan fingerprint density at radius 3 is 2.53 bits per heavy atom. The van der Waals surface area contributed by atoms with Crippen LogP contribution >= 0.6 is 0 Å². The summed E-state index contributed by atoms with van der Waals surface area (Å²) in [4.78, 5) is 9.63. The molecule has 0 unspecified atom stereocenters. The molecule has 1 aromatic heterocycles. The van der Waals surface area contributed by atoms with E-state index in [0.29, 0.717) is 0 Å². The van der Waals surface area contributed by atoms with E-state index in [0.717, 1.165) is 37.3 Å². The van der Waals surface area contributed by atoms with Gasteiger partial charge in [-0.05, 0) is 32.1 Å². The molecule has 1 N–H and O–H groups in total. The maximum Gasteiger partial charge on any atom is 0.162 e. The highest BCUT2D eigenvalue weighted by atomic mass is 16.5. The minimum Gasteiger partial charge on any atom is -0.373 e. The van der Waals surface area contributed by atoms with Crippen LogP contribution in [0.5, 0.6) is 0 Å². The van der Waals surface area contributed by atoms with Crippen LogP contribution in [0.2, 0.25) is 0 Å². The zero-order valence-electron chi connectivity index (χ0n) is 12.0. The number of fused-ring (bicyclic) bond motifs is 1. The molecule has 0 atom stereocenters. The van der Waals surface area contributed by atoms with E-state index in [2.05, 4.69) is 5.32 Å². The zero-order chi connectivity index (χ0) is 13.3. The summed E-state index contributed by atoms with van der Waals surface area (Å²) in [5.74, 6) is 1.92. The minimum atomic E-state index is -0.249. The molecule has 1 saturated carbocycles. The van der Waals surface area contributed by atoms with Gasteiger partial charge < -0.3 is 10.1 Å². The van der Waals surface area contributed by atoms with E-state index in [1.165, 1.54) is 36.9 Å². The van der Waals surface area contributed by atoms with Gasteiger partial charge in [0, 0.05) is 25.4 Å². The first kappa shape index (κ1) is 12.9. The second-order valence-corrected chi connectivity index (χ2v) is 5.68. The number of ether oxygens (including phenoxy) is 1. The van der Waals surface area contributed by atoms with E-state index in [1.807, 2.05) is 7.05 Å². The predicted octanol–water partition coefficient (Wildman–Crippen LogP) is 2.81. The second kappa shape index (κ2) is 5.08. The maximum atomic E-state index is 5.87. The molecular formula is C15H23N3O. The number of hydrogen-bond acceptors (Lipinski definition) is 4. The number of aromatic nitrogens is 2. The number of methoxy groups -OCH3 is 1. The summed E-state index contributed by atoms with van der Waals surface area (Å²) in [6, 6.07) is 0. The summed E-state index contributed by atoms with van der Waals surface area (Å²) in [6.07, 6.45) is 9.20. The predicted molar refractivity (Wildman–Crippen MR) is 75.4 cm³/mol. The Labute approximate surface area is 115 Å². The summed E-state index contributed by atoms with van der Waals surface area (Å²) >= 11 is 0. The van der Waals surface area contributed by atoms with Gasteiger partial charge in [-0.2, -0.15) is 0 Å². The molecule has 0 radical (unpaired) electrons. The number of nitrogens with one attached hydrogen (secondary N) is 1. The molecule has 0 spiro atoms. The van der Waals surface area contributed by atoms with Gasteiger partial charge in [-0.3, -0.25) is 0 Å². The van der Waals surface area contributed by atoms with E-state index in [9.17, 15) is 0 Å². The lowest BCUT2D eigenvalue weighted by Gasteiger charge is -2.34. The quantitative estimate of drug-likeness (QED) is 0.909. The summed E-state index contributed by atoms with van der Waals surface area (Å²) < 4.78 is 5.87. The van der Waals surface area contributed by atoms with Gasteiger partial charge in [0.15, 0.2) is 5.82 Å². The van der Waals surface area contributed by atoms with Crippen molar-refractivity contribution in [2.75, 3.05) is 19.5 Å². The van der Waals surface area contributed by atoms with Crippen LogP contribution in [0.15, 0.2) is 0 Å². The monoisotopic (exact) mass is 261 g/mol. The lowest BCUT2D eigenvalue weighted by Crippen LogP contribution is -2.34. The molecule has 2 aliphatic rings. The zero-order valence-corrected chi connectivity index (χ0v) is 12.0. The molecule has 104 valence electrons. The van der Waals surface area contributed by atoms with Crippen molar-refractivity contribution in [3.05, 3.63) is 17.1 Å². The molecule has 1 aromatic rings. The molecule has 2 aliphatic carbocycles. The van der Waals surface area contributed by atoms with Crippen LogP contribution in [0.25, 0.3) is 0 Å². The average Bonchev–Trinajstić information content (AvgIpc) is 2.95. The highest BCUT2D eigenvalue weighted by molar-refractivity contribution is 5.48. The van der Waals surface area contributed by atoms with E-state index in [4.69, 9.17) is 14.7 Å². The highest BCUT2D eigenvalue weighted by Crippen LogP contribution is 2.40. The van der Waals surface area contributed by atoms with Crippen molar-refractivity contribution < 1.29 is 4.74 Å². The third kappa shape index (κ3) is 2.12. The van der Waals surface area contributed by atoms with Crippen LogP contribution in [0.4, 0.5) is 5.82 Å². The number of hydrogen-bond donors (Lipinski definition) is 1. The number of aryl methyl sites for hydroxylation is 1. The first-order chi connectivity index (χ1) is 9.29. The molecule has 0 saturated heterocycles. The number of rotatable bonds is 3. The average molecular weight is 261 g/mol. The molecule has 1 heterocycles. The van der Waals surface area contributed by atoms with Gasteiger partial charge in [0.05, 0.1) is 0 Å². The van der Waals surface area contributed by atoms with E-state index >= 15 is 0 Å². The van der Waals surface area contributed by atoms with Crippen molar-refractivity contribution in [3.8, 4) is 0 Å². The molecule has 19 heavy (non-hydrogen) atoms. The van der Waals surface area contributed by atoms with E-state index < -0.39 is 0 Å². The van der Waals surface area contributed by atoms with Crippen molar-refractivity contribution in [1.29, 1.82) is 0 Å². The van der Waals surface area contributed by atoms with E-state index in [-0.39, 0.29) is 5.60 Å². The van der Waals surface area contributed by atoms with Gasteiger partial charge in [-0.1, -0.05) is 19.3 Å². The Kier molecular flexibility index (Phi) is 3.44. The van der Waals surface area contributed by atoms with Crippen LogP contribution in [-0.2, 0) is 23.2 Å². The van der Waals surface area contributed by atoms with Gasteiger partial charge in [0.2, 0.25) is 0 Å². The van der Waals surface area contributed by atoms with Crippen LogP contribution in [0, 0.1) is 0 Å². The van der Waals surface area contributed by atoms with Crippen molar-refractivity contribution in [2.45, 2.75) is 57.0 Å². The third-order valence-electron chi connectivity index (χ3n) is 4.63. The van der Waals surface area contributed by atoms with Crippen LogP contribution in [0.3, 0.4) is 0 Å². The Morgan fingerprint density at radius 2 is 1.84 bits per heavy atom. The van der Waals surface area contributed by atoms with Crippen LogP contribution in [-0.4, -0.2) is 24.1 Å². The second-order valence-electron chi connectivity index (χ2n) is 5.68. The Hall–Kier alpha value is -1.16. The molecule has 3 rings (SSSR count). The van der Waals surface area contributed by atoms with Gasteiger partial charge >= 0.3 is 0 Å². The standard InChI is InChI=1S/C15H23N3O/c1-16-13-11-7-6-8-12(11)17-14(18-13)15(19-2)9-4-3-5-10-15/h3-10H2,1-2H3,(H,16,17,18). The molecule has 4 heteroatoms. The van der Waals surface area contributed by atoms with Crippen LogP contribution < -0.4 is 5.32 Å². The first-order valence-electron chi connectivity index (χ1n) is 7.42. The Bertz CT molecular complexity index is 467. The fourth-order valence-corrected chi connectivity index (χ4v) is 3.48. The molecule has 0 amide bonds. The molecule has 0 aliphatic heterocycles. The first-order valence-corrected chi connectivity index (χ1v) is 7.42. The molecular weight excluding hydrogens is 238 g/mol. The van der Waals surface area contributed by atoms with Gasteiger partial charge in [-0.25, -0.2) is 9.97 Å². The van der Waals surface area contributed by atoms with Crippen molar-refractivity contribution in [3.63, 3.8) is 0 Å². The smallest absolute Gasteiger partial charge is 0.162 e. The molecule has 0 bridgehead atoms. The third-order valence-corrected chi connectivity index (χ3v) is 4.63. The summed E-state index contributed by atoms with van der Waals surface area (Å²) in [5, 5.41) is 3.24. The highest BCUT2D eigenvalue weighted by Gasteiger charge is 2.38. The van der Waals surface area contributed by atoms with Crippen molar-refractivity contribution >= 4 is 5.82 Å². The van der Waals surface area contributed by atoms with Crippen molar-refractivity contribution in [1.82, 2.24) is 9.97 Å². The van der Waals surface area contributed by atoms with E-state index in [1.54, 1.807) is 7.11 Å². The maximum absolute atomic E-state index is 5.87. The summed E-state index contributed by atoms with van der Waals surface area (Å²) in [5.41, 5.74) is 2.30. The summed E-state index contributed by atoms with van der Waals surface area (Å²) in [7, 11) is 3.76. The summed E-state index contributed by atoms with van der Waals surface area (Å²) in [6.45, 7) is 0. The molecule has 4 nitrogen and oxygen atoms in total. The molecule has 0 aromatic carbocycles. The lowest BCUT2D eigenvalue weighted by atomic mass is 9.83. The lowest BCUT2D eigenvalue weighted by molar-refractivity contribution is -0.0515. The van der Waals surface area contributed by atoms with Crippen molar-refractivity contribution in [2.24, 2.45) is 0 Å². The van der Waals surface area contributed by atoms with Gasteiger partial charge in [-0.15, -0.1) is 0 Å². The Morgan fingerprint density at radius 1 is 1.05 bits per heavy atom. The van der Waals surface area contributed by atoms with Crippen LogP contribution in [0.1, 0.15) is 55.6 Å². The number of anilines is 1. The fourth-order valence-electron chi connectivity index (χ4n) is 3.48. The van der Waals surface area contributed by atoms with Gasteiger partial charge in [0.1, 0.15) is 11.4 Å². The minimum absolute atomic E-state index is 0.249. The fraction of sp³-hybridized carbons (Fsp3) is 0.733. The normalized spacial score (nSPS) is 21.2.